The number of benzene rings is 3. The van der Waals surface area contributed by atoms with Gasteiger partial charge in [-0.3, -0.25) is 4.79 Å². The van der Waals surface area contributed by atoms with E-state index in [1.807, 2.05) is 30.3 Å². The van der Waals surface area contributed by atoms with Gasteiger partial charge in [0.05, 0.1) is 16.6 Å². The summed E-state index contributed by atoms with van der Waals surface area (Å²) in [5.41, 5.74) is 2.09. The number of rotatable bonds is 7. The first-order chi connectivity index (χ1) is 15.4. The molecular formula is C24H17BrClIN2O3. The molecule has 0 aliphatic rings. The minimum atomic E-state index is -0.524. The van der Waals surface area contributed by atoms with Gasteiger partial charge in [-0.15, -0.1) is 0 Å². The van der Waals surface area contributed by atoms with Crippen molar-refractivity contribution in [2.45, 2.75) is 6.61 Å². The number of nitrogens with one attached hydrogen (secondary N) is 1. The van der Waals surface area contributed by atoms with Crippen LogP contribution in [0.2, 0.25) is 5.02 Å². The molecule has 0 saturated carbocycles. The predicted molar refractivity (Wildman–Crippen MR) is 138 cm³/mol. The Hall–Kier alpha value is -2.54. The van der Waals surface area contributed by atoms with Crippen LogP contribution in [-0.2, 0) is 11.4 Å². The summed E-state index contributed by atoms with van der Waals surface area (Å²) in [6, 6.07) is 20.1. The summed E-state index contributed by atoms with van der Waals surface area (Å²) in [5, 5.41) is 12.5. The van der Waals surface area contributed by atoms with Gasteiger partial charge in [0, 0.05) is 9.26 Å². The minimum absolute atomic E-state index is 0.0589. The number of halogens is 3. The van der Waals surface area contributed by atoms with Gasteiger partial charge in [-0.25, -0.2) is 0 Å². The molecule has 0 atom stereocenters. The molecule has 1 amide bonds. The lowest BCUT2D eigenvalue weighted by Crippen LogP contribution is -2.13. The number of amides is 1. The molecule has 0 aromatic heterocycles. The maximum atomic E-state index is 12.5. The highest BCUT2D eigenvalue weighted by molar-refractivity contribution is 14.1. The molecule has 0 saturated heterocycles. The highest BCUT2D eigenvalue weighted by Gasteiger charge is 2.13. The van der Waals surface area contributed by atoms with E-state index in [0.717, 1.165) is 9.13 Å². The van der Waals surface area contributed by atoms with Gasteiger partial charge in [0.1, 0.15) is 24.0 Å². The normalized spacial score (nSPS) is 10.9. The highest BCUT2D eigenvalue weighted by atomic mass is 127. The number of hydrogen-bond acceptors (Lipinski definition) is 4. The van der Waals surface area contributed by atoms with Crippen molar-refractivity contribution in [2.24, 2.45) is 0 Å². The van der Waals surface area contributed by atoms with Crippen molar-refractivity contribution >= 4 is 67.8 Å². The third kappa shape index (κ3) is 6.48. The molecule has 162 valence electrons. The third-order valence-corrected chi connectivity index (χ3v) is 5.93. The van der Waals surface area contributed by atoms with Crippen LogP contribution in [0.25, 0.3) is 6.08 Å². The zero-order valence-corrected chi connectivity index (χ0v) is 21.4. The van der Waals surface area contributed by atoms with E-state index in [9.17, 15) is 10.1 Å². The van der Waals surface area contributed by atoms with Gasteiger partial charge in [-0.05, 0) is 104 Å². The number of ether oxygens (including phenoxy) is 2. The largest absolute Gasteiger partial charge is 0.497 e. The molecule has 32 heavy (non-hydrogen) atoms. The molecule has 0 aliphatic carbocycles. The SMILES string of the molecule is COc1ccc(NC(=O)/C(C#N)=C\c2cc(Cl)c(OCc3ccc(I)cc3)c(Br)c2)cc1. The van der Waals surface area contributed by atoms with E-state index >= 15 is 0 Å². The smallest absolute Gasteiger partial charge is 0.266 e. The fraction of sp³-hybridized carbons (Fsp3) is 0.0833. The summed E-state index contributed by atoms with van der Waals surface area (Å²) in [6.07, 6.45) is 1.47. The van der Waals surface area contributed by atoms with Crippen LogP contribution in [0.3, 0.4) is 0 Å². The maximum absolute atomic E-state index is 12.5. The third-order valence-electron chi connectivity index (χ3n) is 4.34. The van der Waals surface area contributed by atoms with Gasteiger partial charge in [-0.2, -0.15) is 5.26 Å². The second-order valence-electron chi connectivity index (χ2n) is 6.58. The van der Waals surface area contributed by atoms with Crippen LogP contribution in [0.1, 0.15) is 11.1 Å². The average Bonchev–Trinajstić information content (AvgIpc) is 2.78. The second kappa shape index (κ2) is 11.4. The molecule has 0 aliphatic heterocycles. The lowest BCUT2D eigenvalue weighted by atomic mass is 10.1. The monoisotopic (exact) mass is 622 g/mol. The summed E-state index contributed by atoms with van der Waals surface area (Å²) >= 11 is 12.1. The summed E-state index contributed by atoms with van der Waals surface area (Å²) in [7, 11) is 1.56. The van der Waals surface area contributed by atoms with Crippen LogP contribution in [0.15, 0.2) is 70.7 Å². The van der Waals surface area contributed by atoms with Crippen LogP contribution >= 0.6 is 50.1 Å². The summed E-state index contributed by atoms with van der Waals surface area (Å²) in [5.74, 6) is 0.635. The highest BCUT2D eigenvalue weighted by Crippen LogP contribution is 2.35. The zero-order valence-electron chi connectivity index (χ0n) is 16.9. The molecule has 0 spiro atoms. The van der Waals surface area contributed by atoms with Crippen LogP contribution in [-0.4, -0.2) is 13.0 Å². The minimum Gasteiger partial charge on any atom is -0.497 e. The standard InChI is InChI=1S/C24H17BrClIN2O3/c1-31-20-8-6-19(7-9-20)29-24(30)17(13-28)10-16-11-21(25)23(22(26)12-16)32-14-15-2-4-18(27)5-3-15/h2-12H,14H2,1H3,(H,29,30)/b17-10-. The predicted octanol–water partition coefficient (Wildman–Crippen LogP) is 6.84. The molecule has 0 heterocycles. The molecule has 0 fully saturated rings. The number of nitriles is 1. The summed E-state index contributed by atoms with van der Waals surface area (Å²) in [4.78, 5) is 12.5. The van der Waals surface area contributed by atoms with E-state index in [1.54, 1.807) is 43.5 Å². The number of carbonyl (C=O) groups excluding carboxylic acids is 1. The Morgan fingerprint density at radius 3 is 2.47 bits per heavy atom. The van der Waals surface area contributed by atoms with Crippen LogP contribution < -0.4 is 14.8 Å². The molecule has 0 radical (unpaired) electrons. The Labute approximate surface area is 213 Å². The van der Waals surface area contributed by atoms with Crippen molar-refractivity contribution in [3.05, 3.63) is 90.4 Å². The second-order valence-corrected chi connectivity index (χ2v) is 9.09. The molecule has 3 aromatic carbocycles. The molecular weight excluding hydrogens is 607 g/mol. The Morgan fingerprint density at radius 1 is 1.19 bits per heavy atom. The van der Waals surface area contributed by atoms with Gasteiger partial charge in [0.25, 0.3) is 5.91 Å². The zero-order chi connectivity index (χ0) is 23.1. The first-order valence-electron chi connectivity index (χ1n) is 9.33. The van der Waals surface area contributed by atoms with Crippen LogP contribution in [0, 0.1) is 14.9 Å². The number of anilines is 1. The average molecular weight is 624 g/mol. The molecule has 1 N–H and O–H groups in total. The summed E-state index contributed by atoms with van der Waals surface area (Å²) < 4.78 is 12.7. The van der Waals surface area contributed by atoms with Gasteiger partial charge in [0.2, 0.25) is 0 Å². The van der Waals surface area contributed by atoms with Gasteiger partial charge < -0.3 is 14.8 Å². The quantitative estimate of drug-likeness (QED) is 0.178. The van der Waals surface area contributed by atoms with Crippen molar-refractivity contribution in [1.82, 2.24) is 0 Å². The fourth-order valence-electron chi connectivity index (χ4n) is 2.72. The molecule has 3 rings (SSSR count). The van der Waals surface area contributed by atoms with Crippen molar-refractivity contribution in [2.75, 3.05) is 12.4 Å². The Kier molecular flexibility index (Phi) is 8.56. The lowest BCUT2D eigenvalue weighted by Gasteiger charge is -2.12. The molecule has 0 bridgehead atoms. The fourth-order valence-corrected chi connectivity index (χ4v) is 4.07. The van der Waals surface area contributed by atoms with Crippen molar-refractivity contribution in [1.29, 1.82) is 5.26 Å². The Bertz CT molecular complexity index is 1170. The van der Waals surface area contributed by atoms with Gasteiger partial charge in [-0.1, -0.05) is 23.7 Å². The van der Waals surface area contributed by atoms with Crippen molar-refractivity contribution in [3.8, 4) is 17.6 Å². The van der Waals surface area contributed by atoms with E-state index in [-0.39, 0.29) is 5.57 Å². The topological polar surface area (TPSA) is 71.3 Å². The van der Waals surface area contributed by atoms with E-state index < -0.39 is 5.91 Å². The van der Waals surface area contributed by atoms with E-state index in [0.29, 0.717) is 38.9 Å². The molecule has 0 unspecified atom stereocenters. The van der Waals surface area contributed by atoms with E-state index in [1.165, 1.54) is 6.08 Å². The molecule has 8 heteroatoms. The van der Waals surface area contributed by atoms with Crippen molar-refractivity contribution < 1.29 is 14.3 Å². The first kappa shape index (κ1) is 24.1. The number of nitrogens with zero attached hydrogens (tertiary/aromatic N) is 1. The lowest BCUT2D eigenvalue weighted by molar-refractivity contribution is -0.112. The van der Waals surface area contributed by atoms with Gasteiger partial charge >= 0.3 is 0 Å². The van der Waals surface area contributed by atoms with Crippen molar-refractivity contribution in [3.63, 3.8) is 0 Å². The summed E-state index contributed by atoms with van der Waals surface area (Å²) in [6.45, 7) is 0.359. The number of methoxy groups -OCH3 is 1. The number of carbonyl (C=O) groups is 1. The number of hydrogen-bond donors (Lipinski definition) is 1. The van der Waals surface area contributed by atoms with E-state index in [2.05, 4.69) is 43.8 Å². The molecule has 5 nitrogen and oxygen atoms in total. The maximum Gasteiger partial charge on any atom is 0.266 e. The van der Waals surface area contributed by atoms with Crippen LogP contribution in [0.4, 0.5) is 5.69 Å². The Balaban J connectivity index is 1.74. The first-order valence-corrected chi connectivity index (χ1v) is 11.6. The molecule has 3 aromatic rings. The van der Waals surface area contributed by atoms with E-state index in [4.69, 9.17) is 21.1 Å². The van der Waals surface area contributed by atoms with Gasteiger partial charge in [0.15, 0.2) is 5.75 Å². The van der Waals surface area contributed by atoms with Crippen LogP contribution in [0.5, 0.6) is 11.5 Å². The Morgan fingerprint density at radius 2 is 1.88 bits per heavy atom.